The molecule has 3 N–H and O–H groups in total. The molecule has 0 saturated carbocycles. The highest BCUT2D eigenvalue weighted by molar-refractivity contribution is 5.91. The second-order valence-electron chi connectivity index (χ2n) is 6.46. The summed E-state index contributed by atoms with van der Waals surface area (Å²) in [5, 5.41) is 1.92. The number of rotatable bonds is 1. The zero-order chi connectivity index (χ0) is 18.5. The smallest absolute Gasteiger partial charge is 0.260 e. The Kier molecular flexibility index (Phi) is 3.27. The van der Waals surface area contributed by atoms with E-state index in [0.717, 1.165) is 21.9 Å². The van der Waals surface area contributed by atoms with Gasteiger partial charge in [0, 0.05) is 16.9 Å². The molecular weight excluding hydrogens is 345 g/mol. The van der Waals surface area contributed by atoms with Crippen LogP contribution in [-0.4, -0.2) is 9.97 Å². The van der Waals surface area contributed by atoms with Gasteiger partial charge in [-0.2, -0.15) is 4.98 Å². The molecule has 1 unspecified atom stereocenters. The average molecular weight is 359 g/mol. The third-order valence-electron chi connectivity index (χ3n) is 4.85. The Hall–Kier alpha value is -3.67. The fourth-order valence-electron chi connectivity index (χ4n) is 3.67. The molecule has 6 heteroatoms. The molecule has 27 heavy (non-hydrogen) atoms. The summed E-state index contributed by atoms with van der Waals surface area (Å²) in [5.41, 5.74) is 7.31. The van der Waals surface area contributed by atoms with Gasteiger partial charge in [-0.3, -0.25) is 9.78 Å². The molecule has 0 aliphatic carbocycles. The number of nitrogens with two attached hydrogens (primary N) is 1. The number of nitrogens with zero attached hydrogens (tertiary/aromatic N) is 1. The normalized spacial score (nSPS) is 15.1. The molecule has 3 aromatic carbocycles. The van der Waals surface area contributed by atoms with E-state index >= 15 is 0 Å². The highest BCUT2D eigenvalue weighted by Crippen LogP contribution is 2.47. The molecule has 0 spiro atoms. The van der Waals surface area contributed by atoms with E-state index in [-0.39, 0.29) is 23.2 Å². The predicted molar refractivity (Wildman–Crippen MR) is 101 cm³/mol. The van der Waals surface area contributed by atoms with Crippen LogP contribution in [0.3, 0.4) is 0 Å². The first-order valence-electron chi connectivity index (χ1n) is 8.46. The predicted octanol–water partition coefficient (Wildman–Crippen LogP) is 3.93. The van der Waals surface area contributed by atoms with Crippen LogP contribution < -0.4 is 16.0 Å². The summed E-state index contributed by atoms with van der Waals surface area (Å²) < 4.78 is 19.5. The van der Waals surface area contributed by atoms with Crippen LogP contribution in [0.15, 0.2) is 65.5 Å². The van der Waals surface area contributed by atoms with Crippen LogP contribution in [0.2, 0.25) is 0 Å². The van der Waals surface area contributed by atoms with Gasteiger partial charge < -0.3 is 10.5 Å². The van der Waals surface area contributed by atoms with Crippen LogP contribution in [0.25, 0.3) is 10.8 Å². The molecular formula is C21H14FN3O2. The summed E-state index contributed by atoms with van der Waals surface area (Å²) in [6.45, 7) is 0. The number of H-pyrrole nitrogens is 1. The Bertz CT molecular complexity index is 1250. The van der Waals surface area contributed by atoms with Crippen LogP contribution in [0, 0.1) is 5.82 Å². The van der Waals surface area contributed by atoms with Gasteiger partial charge in [-0.05, 0) is 23.1 Å². The lowest BCUT2D eigenvalue weighted by atomic mass is 9.83. The second-order valence-corrected chi connectivity index (χ2v) is 6.46. The number of ether oxygens (including phenoxy) is 1. The zero-order valence-electron chi connectivity index (χ0n) is 14.1. The van der Waals surface area contributed by atoms with Crippen molar-refractivity contribution in [1.29, 1.82) is 0 Å². The van der Waals surface area contributed by atoms with Gasteiger partial charge >= 0.3 is 0 Å². The molecule has 5 nitrogen and oxygen atoms in total. The van der Waals surface area contributed by atoms with Gasteiger partial charge in [-0.1, -0.05) is 48.5 Å². The average Bonchev–Trinajstić information content (AvgIpc) is 2.67. The maximum atomic E-state index is 13.5. The number of anilines is 1. The molecule has 1 atom stereocenters. The minimum absolute atomic E-state index is 0.0136. The molecule has 132 valence electrons. The molecule has 5 rings (SSSR count). The maximum Gasteiger partial charge on any atom is 0.260 e. The van der Waals surface area contributed by atoms with Gasteiger partial charge in [-0.25, -0.2) is 4.39 Å². The van der Waals surface area contributed by atoms with Crippen molar-refractivity contribution in [3.63, 3.8) is 0 Å². The van der Waals surface area contributed by atoms with Crippen LogP contribution in [-0.2, 0) is 0 Å². The number of aromatic amines is 1. The first kappa shape index (κ1) is 15.6. The van der Waals surface area contributed by atoms with Gasteiger partial charge in [0.05, 0.1) is 5.56 Å². The number of nitrogens with one attached hydrogen (secondary N) is 1. The van der Waals surface area contributed by atoms with Crippen LogP contribution in [0.4, 0.5) is 10.3 Å². The Morgan fingerprint density at radius 1 is 1.04 bits per heavy atom. The molecule has 0 fully saturated rings. The quantitative estimate of drug-likeness (QED) is 0.475. The van der Waals surface area contributed by atoms with Crippen molar-refractivity contribution >= 4 is 16.7 Å². The van der Waals surface area contributed by atoms with Gasteiger partial charge in [-0.15, -0.1) is 0 Å². The lowest BCUT2D eigenvalue weighted by Crippen LogP contribution is -2.25. The van der Waals surface area contributed by atoms with Gasteiger partial charge in [0.2, 0.25) is 11.8 Å². The first-order valence-corrected chi connectivity index (χ1v) is 8.46. The highest BCUT2D eigenvalue weighted by atomic mass is 19.1. The number of nitrogen functional groups attached to an aromatic ring is 1. The van der Waals surface area contributed by atoms with Gasteiger partial charge in [0.15, 0.2) is 0 Å². The SMILES string of the molecule is Nc1nc2c(c(=O)[nH]1)C(c1ccc(F)cc1)c1ccc3ccccc3c1O2. The third kappa shape index (κ3) is 2.38. The van der Waals surface area contributed by atoms with E-state index in [9.17, 15) is 9.18 Å². The van der Waals surface area contributed by atoms with E-state index in [1.54, 1.807) is 12.1 Å². The number of fused-ring (bicyclic) bond motifs is 4. The minimum Gasteiger partial charge on any atom is -0.437 e. The summed E-state index contributed by atoms with van der Waals surface area (Å²) in [4.78, 5) is 19.4. The molecule has 4 aromatic rings. The summed E-state index contributed by atoms with van der Waals surface area (Å²) in [5.74, 6) is 0.0158. The minimum atomic E-state index is -0.439. The second kappa shape index (κ2) is 5.67. The van der Waals surface area contributed by atoms with Crippen molar-refractivity contribution in [3.05, 3.63) is 93.5 Å². The van der Waals surface area contributed by atoms with E-state index in [1.165, 1.54) is 12.1 Å². The summed E-state index contributed by atoms with van der Waals surface area (Å²) in [7, 11) is 0. The maximum absolute atomic E-state index is 13.5. The van der Waals surface area contributed by atoms with Crippen LogP contribution in [0.1, 0.15) is 22.6 Å². The number of aromatic nitrogens is 2. The molecule has 2 heterocycles. The lowest BCUT2D eigenvalue weighted by molar-refractivity contribution is 0.436. The van der Waals surface area contributed by atoms with Crippen molar-refractivity contribution in [2.24, 2.45) is 0 Å². The van der Waals surface area contributed by atoms with Crippen molar-refractivity contribution in [3.8, 4) is 11.6 Å². The van der Waals surface area contributed by atoms with Crippen LogP contribution >= 0.6 is 0 Å². The molecule has 1 aliphatic rings. The third-order valence-corrected chi connectivity index (χ3v) is 4.85. The number of hydrogen-bond donors (Lipinski definition) is 2. The van der Waals surface area contributed by atoms with E-state index in [0.29, 0.717) is 11.3 Å². The van der Waals surface area contributed by atoms with E-state index in [4.69, 9.17) is 10.5 Å². The number of benzene rings is 3. The molecule has 0 saturated heterocycles. The number of hydrogen-bond acceptors (Lipinski definition) is 4. The Balaban J connectivity index is 1.86. The molecule has 1 aromatic heterocycles. The monoisotopic (exact) mass is 359 g/mol. The summed E-state index contributed by atoms with van der Waals surface area (Å²) >= 11 is 0. The molecule has 0 bridgehead atoms. The Labute approximate surface area is 153 Å². The van der Waals surface area contributed by atoms with Gasteiger partial charge in [0.1, 0.15) is 11.6 Å². The van der Waals surface area contributed by atoms with Crippen molar-refractivity contribution in [2.75, 3.05) is 5.73 Å². The summed E-state index contributed by atoms with van der Waals surface area (Å²) in [6, 6.07) is 17.8. The van der Waals surface area contributed by atoms with Gasteiger partial charge in [0.25, 0.3) is 5.56 Å². The topological polar surface area (TPSA) is 81.0 Å². The highest BCUT2D eigenvalue weighted by Gasteiger charge is 2.33. The van der Waals surface area contributed by atoms with E-state index in [2.05, 4.69) is 9.97 Å². The number of halogens is 1. The van der Waals surface area contributed by atoms with Crippen LogP contribution in [0.5, 0.6) is 11.6 Å². The summed E-state index contributed by atoms with van der Waals surface area (Å²) in [6.07, 6.45) is 0. The molecule has 0 amide bonds. The zero-order valence-corrected chi connectivity index (χ0v) is 14.1. The first-order chi connectivity index (χ1) is 13.1. The van der Waals surface area contributed by atoms with E-state index < -0.39 is 5.92 Å². The molecule has 0 radical (unpaired) electrons. The lowest BCUT2D eigenvalue weighted by Gasteiger charge is -2.28. The Morgan fingerprint density at radius 3 is 2.63 bits per heavy atom. The van der Waals surface area contributed by atoms with Crippen molar-refractivity contribution < 1.29 is 9.13 Å². The fourth-order valence-corrected chi connectivity index (χ4v) is 3.67. The standard InChI is InChI=1S/C21H14FN3O2/c22-13-8-5-12(6-9-13)16-15-10-7-11-3-1-2-4-14(11)18(15)27-20-17(16)19(26)24-21(23)25-20/h1-10,16H,(H3,23,24,25,26). The fraction of sp³-hybridized carbons (Fsp3) is 0.0476. The van der Waals surface area contributed by atoms with E-state index in [1.807, 2.05) is 36.4 Å². The largest absolute Gasteiger partial charge is 0.437 e. The van der Waals surface area contributed by atoms with Crippen molar-refractivity contribution in [2.45, 2.75) is 5.92 Å². The Morgan fingerprint density at radius 2 is 1.81 bits per heavy atom. The molecule has 1 aliphatic heterocycles. The van der Waals surface area contributed by atoms with Crippen molar-refractivity contribution in [1.82, 2.24) is 9.97 Å².